The van der Waals surface area contributed by atoms with Crippen molar-refractivity contribution in [2.75, 3.05) is 36.8 Å². The number of hydrogen-bond donors (Lipinski definition) is 2. The van der Waals surface area contributed by atoms with Crippen molar-refractivity contribution < 1.29 is 22.4 Å². The van der Waals surface area contributed by atoms with E-state index in [4.69, 9.17) is 0 Å². The molecule has 1 aliphatic heterocycles. The molecule has 0 bridgehead atoms. The molecule has 0 spiro atoms. The molecule has 0 aliphatic carbocycles. The van der Waals surface area contributed by atoms with Gasteiger partial charge in [-0.3, -0.25) is 9.79 Å². The summed E-state index contributed by atoms with van der Waals surface area (Å²) in [5.74, 6) is -1.78. The van der Waals surface area contributed by atoms with Crippen molar-refractivity contribution in [2.45, 2.75) is 32.4 Å². The van der Waals surface area contributed by atoms with Crippen LogP contribution in [0.5, 0.6) is 0 Å². The van der Waals surface area contributed by atoms with E-state index in [2.05, 4.69) is 20.5 Å². The molecule has 1 aliphatic rings. The Labute approximate surface area is 184 Å². The van der Waals surface area contributed by atoms with Gasteiger partial charge in [0.2, 0.25) is 5.91 Å². The molecule has 172 valence electrons. The molecule has 9 heteroatoms. The van der Waals surface area contributed by atoms with E-state index in [0.29, 0.717) is 24.2 Å². The maximum atomic E-state index is 13.6. The smallest absolute Gasteiger partial charge is 0.385 e. The molecule has 2 aromatic rings. The van der Waals surface area contributed by atoms with Gasteiger partial charge >= 0.3 is 6.18 Å². The number of nitrogens with one attached hydrogen (secondary N) is 2. The molecule has 1 unspecified atom stereocenters. The average molecular weight is 450 g/mol. The minimum absolute atomic E-state index is 0.0120. The zero-order valence-electron chi connectivity index (χ0n) is 18.0. The van der Waals surface area contributed by atoms with Crippen molar-refractivity contribution in [1.82, 2.24) is 4.90 Å². The lowest BCUT2D eigenvalue weighted by molar-refractivity contribution is -0.137. The first kappa shape index (κ1) is 23.7. The first-order valence-electron chi connectivity index (χ1n) is 10.5. The Morgan fingerprint density at radius 3 is 2.59 bits per heavy atom. The molecule has 5 nitrogen and oxygen atoms in total. The summed E-state index contributed by atoms with van der Waals surface area (Å²) < 4.78 is 54.4. The first-order valence-corrected chi connectivity index (χ1v) is 10.5. The van der Waals surface area contributed by atoms with E-state index in [1.807, 2.05) is 13.8 Å². The molecule has 1 atom stereocenters. The van der Waals surface area contributed by atoms with Crippen molar-refractivity contribution >= 4 is 29.2 Å². The zero-order chi connectivity index (χ0) is 23.3. The van der Waals surface area contributed by atoms with Crippen molar-refractivity contribution in [3.05, 3.63) is 53.3 Å². The van der Waals surface area contributed by atoms with Gasteiger partial charge in [-0.25, -0.2) is 4.39 Å². The zero-order valence-corrected chi connectivity index (χ0v) is 18.0. The van der Waals surface area contributed by atoms with Crippen molar-refractivity contribution in [3.8, 4) is 0 Å². The minimum Gasteiger partial charge on any atom is -0.385 e. The quantitative estimate of drug-likeness (QED) is 0.304. The Hall–Kier alpha value is -2.94. The lowest BCUT2D eigenvalue weighted by Crippen LogP contribution is -2.25. The van der Waals surface area contributed by atoms with E-state index in [-0.39, 0.29) is 11.4 Å². The highest BCUT2D eigenvalue weighted by Gasteiger charge is 2.34. The Balaban J connectivity index is 1.75. The van der Waals surface area contributed by atoms with E-state index >= 15 is 0 Å². The summed E-state index contributed by atoms with van der Waals surface area (Å²) in [6.07, 6.45) is -2.61. The summed E-state index contributed by atoms with van der Waals surface area (Å²) >= 11 is 0. The van der Waals surface area contributed by atoms with Crippen LogP contribution >= 0.6 is 0 Å². The number of amides is 1. The fraction of sp³-hybridized carbons (Fsp3) is 0.391. The molecule has 0 saturated heterocycles. The summed E-state index contributed by atoms with van der Waals surface area (Å²) in [5.41, 5.74) is 0.0948. The summed E-state index contributed by atoms with van der Waals surface area (Å²) in [7, 11) is 0. The van der Waals surface area contributed by atoms with Crippen LogP contribution in [0.4, 0.5) is 34.6 Å². The Morgan fingerprint density at radius 2 is 1.91 bits per heavy atom. The van der Waals surface area contributed by atoms with E-state index in [9.17, 15) is 22.4 Å². The summed E-state index contributed by atoms with van der Waals surface area (Å²) in [5, 5.41) is 5.48. The Morgan fingerprint density at radius 1 is 1.16 bits per heavy atom. The SMILES string of the molecule is CCN(CC)CCCNc1ccc(N=CC2C(=O)Nc3ccc(F)cc32)cc1C(F)(F)F. The van der Waals surface area contributed by atoms with Crippen LogP contribution in [-0.4, -0.2) is 43.2 Å². The van der Waals surface area contributed by atoms with Crippen LogP contribution in [0, 0.1) is 5.82 Å². The van der Waals surface area contributed by atoms with E-state index in [0.717, 1.165) is 25.7 Å². The molecular formula is C23H26F4N4O. The Bertz CT molecular complexity index is 986. The highest BCUT2D eigenvalue weighted by molar-refractivity contribution is 6.12. The first-order chi connectivity index (χ1) is 15.2. The van der Waals surface area contributed by atoms with Gasteiger partial charge in [0.05, 0.1) is 11.3 Å². The second-order valence-corrected chi connectivity index (χ2v) is 7.51. The highest BCUT2D eigenvalue weighted by atomic mass is 19.4. The molecule has 1 heterocycles. The van der Waals surface area contributed by atoms with Crippen LogP contribution in [0.2, 0.25) is 0 Å². The number of benzene rings is 2. The lowest BCUT2D eigenvalue weighted by Gasteiger charge is -2.19. The van der Waals surface area contributed by atoms with Gasteiger partial charge < -0.3 is 15.5 Å². The van der Waals surface area contributed by atoms with Gasteiger partial charge in [-0.05, 0) is 68.0 Å². The monoisotopic (exact) mass is 450 g/mol. The largest absolute Gasteiger partial charge is 0.418 e. The molecule has 0 radical (unpaired) electrons. The van der Waals surface area contributed by atoms with Gasteiger partial charge in [0.15, 0.2) is 0 Å². The predicted octanol–water partition coefficient (Wildman–Crippen LogP) is 5.43. The topological polar surface area (TPSA) is 56.7 Å². The lowest BCUT2D eigenvalue weighted by atomic mass is 10.0. The number of aliphatic imine (C=N–C) groups is 1. The highest BCUT2D eigenvalue weighted by Crippen LogP contribution is 2.38. The van der Waals surface area contributed by atoms with Crippen LogP contribution < -0.4 is 10.6 Å². The third kappa shape index (κ3) is 5.64. The van der Waals surface area contributed by atoms with Crippen molar-refractivity contribution in [1.29, 1.82) is 0 Å². The maximum absolute atomic E-state index is 13.6. The molecule has 0 fully saturated rings. The van der Waals surface area contributed by atoms with Crippen molar-refractivity contribution in [2.24, 2.45) is 4.99 Å². The predicted molar refractivity (Wildman–Crippen MR) is 118 cm³/mol. The van der Waals surface area contributed by atoms with Crippen LogP contribution in [0.3, 0.4) is 0 Å². The second kappa shape index (κ2) is 10.1. The van der Waals surface area contributed by atoms with Gasteiger partial charge in [0.1, 0.15) is 11.7 Å². The average Bonchev–Trinajstić information content (AvgIpc) is 3.06. The standard InChI is InChI=1S/C23H26F4N4O/c1-3-31(4-2)11-5-10-28-21-9-7-16(13-19(21)23(25,26)27)29-14-18-17-12-15(24)6-8-20(17)30-22(18)32/h6-9,12-14,18,28H,3-5,10-11H2,1-2H3,(H,30,32). The number of hydrogen-bond acceptors (Lipinski definition) is 4. The molecule has 1 amide bonds. The van der Waals surface area contributed by atoms with Gasteiger partial charge in [0.25, 0.3) is 0 Å². The van der Waals surface area contributed by atoms with Gasteiger partial charge in [-0.1, -0.05) is 13.8 Å². The van der Waals surface area contributed by atoms with Crippen LogP contribution in [0.15, 0.2) is 41.4 Å². The molecule has 2 N–H and O–H groups in total. The third-order valence-electron chi connectivity index (χ3n) is 5.43. The number of carbonyl (C=O) groups is 1. The summed E-state index contributed by atoms with van der Waals surface area (Å²) in [6.45, 7) is 7.09. The second-order valence-electron chi connectivity index (χ2n) is 7.51. The third-order valence-corrected chi connectivity index (χ3v) is 5.43. The van der Waals surface area contributed by atoms with Crippen LogP contribution in [0.1, 0.15) is 37.3 Å². The summed E-state index contributed by atoms with van der Waals surface area (Å²) in [6, 6.07) is 7.63. The molecule has 32 heavy (non-hydrogen) atoms. The van der Waals surface area contributed by atoms with E-state index in [1.54, 1.807) is 0 Å². The molecule has 0 aromatic heterocycles. The number of nitrogens with zero attached hydrogens (tertiary/aromatic N) is 2. The number of fused-ring (bicyclic) bond motifs is 1. The van der Waals surface area contributed by atoms with Crippen molar-refractivity contribution in [3.63, 3.8) is 0 Å². The van der Waals surface area contributed by atoms with Gasteiger partial charge in [0, 0.05) is 24.1 Å². The fourth-order valence-electron chi connectivity index (χ4n) is 3.63. The number of carbonyl (C=O) groups excluding carboxylic acids is 1. The van der Waals surface area contributed by atoms with Gasteiger partial charge in [-0.15, -0.1) is 0 Å². The normalized spacial score (nSPS) is 16.0. The van der Waals surface area contributed by atoms with E-state index < -0.39 is 29.4 Å². The molecular weight excluding hydrogens is 424 g/mol. The van der Waals surface area contributed by atoms with Crippen LogP contribution in [-0.2, 0) is 11.0 Å². The van der Waals surface area contributed by atoms with E-state index in [1.165, 1.54) is 36.5 Å². The number of halogens is 4. The van der Waals surface area contributed by atoms with Crippen LogP contribution in [0.25, 0.3) is 0 Å². The number of rotatable bonds is 9. The van der Waals surface area contributed by atoms with Gasteiger partial charge in [-0.2, -0.15) is 13.2 Å². The molecule has 2 aromatic carbocycles. The fourth-order valence-corrected chi connectivity index (χ4v) is 3.63. The maximum Gasteiger partial charge on any atom is 0.418 e. The number of alkyl halides is 3. The minimum atomic E-state index is -4.56. The number of anilines is 2. The molecule has 0 saturated carbocycles. The summed E-state index contributed by atoms with van der Waals surface area (Å²) in [4.78, 5) is 18.4. The Kier molecular flexibility index (Phi) is 7.50. The molecule has 3 rings (SSSR count).